The molecular weight excluding hydrogens is 793 g/mol. The molecule has 2 atom stereocenters. The normalized spacial score (nSPS) is 13.1. The standard InChI is InChI=1S/C43H68N5O11P/c1-12-14-16-28-47(29-17-15-13-2)39(51)35(26-27-37(49)56-41(3,4)5)45-38(50)36(46-40(52)44-32-20-22-33(23-21-32)48(53)54)30-31-18-24-34(25-19-31)57-60(55,58-42(6,7)8)59-43(9,10)11/h18-25,35-36H,12-17,26-30H2,1-11H3,(H,45,50)(H2,44,46,52)/t35-,36-/m0/s1. The van der Waals surface area contributed by atoms with E-state index < -0.39 is 59.5 Å². The summed E-state index contributed by atoms with van der Waals surface area (Å²) in [5.41, 5.74) is -1.86. The number of anilines is 1. The topological polar surface area (TPSA) is 205 Å². The van der Waals surface area contributed by atoms with E-state index in [9.17, 15) is 33.9 Å². The van der Waals surface area contributed by atoms with Crippen LogP contribution in [0.4, 0.5) is 16.2 Å². The zero-order valence-corrected chi connectivity index (χ0v) is 38.3. The SMILES string of the molecule is CCCCCN(CCCCC)C(=O)[C@H](CCC(=O)OC(C)(C)C)NC(=O)[C@H](Cc1ccc(OP(=O)(OC(C)(C)C)OC(C)(C)C)cc1)NC(=O)Nc1ccc([N+](=O)[O-])cc1. The molecule has 2 rings (SSSR count). The maximum atomic E-state index is 14.3. The Kier molecular flexibility index (Phi) is 20.2. The van der Waals surface area contributed by atoms with E-state index in [2.05, 4.69) is 29.8 Å². The van der Waals surface area contributed by atoms with Crippen molar-refractivity contribution in [3.05, 3.63) is 64.2 Å². The molecule has 3 N–H and O–H groups in total. The molecule has 0 radical (unpaired) electrons. The van der Waals surface area contributed by atoms with Gasteiger partial charge in [-0.25, -0.2) is 9.36 Å². The molecular formula is C43H68N5O11P. The number of nitro groups is 1. The fourth-order valence-corrected chi connectivity index (χ4v) is 7.65. The monoisotopic (exact) mass is 861 g/mol. The van der Waals surface area contributed by atoms with E-state index in [-0.39, 0.29) is 42.3 Å². The summed E-state index contributed by atoms with van der Waals surface area (Å²) in [4.78, 5) is 67.1. The van der Waals surface area contributed by atoms with E-state index >= 15 is 0 Å². The average Bonchev–Trinajstić information content (AvgIpc) is 3.10. The van der Waals surface area contributed by atoms with Gasteiger partial charge in [0.15, 0.2) is 0 Å². The van der Waals surface area contributed by atoms with Crippen LogP contribution in [0.1, 0.15) is 133 Å². The fourth-order valence-electron chi connectivity index (χ4n) is 5.82. The first-order valence-electron chi connectivity index (χ1n) is 20.7. The second-order valence-electron chi connectivity index (χ2n) is 17.7. The van der Waals surface area contributed by atoms with E-state index in [1.165, 1.54) is 36.4 Å². The Morgan fingerprint density at radius 2 is 1.28 bits per heavy atom. The molecule has 4 amide bonds. The molecule has 0 aliphatic heterocycles. The van der Waals surface area contributed by atoms with Gasteiger partial charge in [0.1, 0.15) is 23.4 Å². The highest BCUT2D eigenvalue weighted by atomic mass is 31.2. The third-order valence-electron chi connectivity index (χ3n) is 8.36. The summed E-state index contributed by atoms with van der Waals surface area (Å²) in [6.45, 7) is 20.7. The summed E-state index contributed by atoms with van der Waals surface area (Å²) in [5, 5.41) is 19.3. The van der Waals surface area contributed by atoms with Gasteiger partial charge in [0, 0.05) is 43.8 Å². The number of benzene rings is 2. The van der Waals surface area contributed by atoms with Gasteiger partial charge in [-0.05, 0) is 111 Å². The Labute approximate surface area is 356 Å². The number of esters is 1. The maximum Gasteiger partial charge on any atom is 0.531 e. The minimum atomic E-state index is -4.12. The van der Waals surface area contributed by atoms with Crippen molar-refractivity contribution in [2.45, 2.75) is 163 Å². The third-order valence-corrected chi connectivity index (χ3v) is 10.3. The number of nitrogens with one attached hydrogen (secondary N) is 3. The lowest BCUT2D eigenvalue weighted by Gasteiger charge is -2.30. The molecule has 60 heavy (non-hydrogen) atoms. The molecule has 0 bridgehead atoms. The maximum absolute atomic E-state index is 14.3. The van der Waals surface area contributed by atoms with Gasteiger partial charge >= 0.3 is 19.8 Å². The number of phosphoric acid groups is 1. The van der Waals surface area contributed by atoms with Crippen LogP contribution in [-0.4, -0.2) is 75.6 Å². The number of hydrogen-bond donors (Lipinski definition) is 3. The molecule has 0 heterocycles. The van der Waals surface area contributed by atoms with Crippen molar-refractivity contribution in [1.82, 2.24) is 15.5 Å². The molecule has 16 nitrogen and oxygen atoms in total. The summed E-state index contributed by atoms with van der Waals surface area (Å²) >= 11 is 0. The largest absolute Gasteiger partial charge is 0.531 e. The predicted molar refractivity (Wildman–Crippen MR) is 232 cm³/mol. The Morgan fingerprint density at radius 3 is 1.75 bits per heavy atom. The van der Waals surface area contributed by atoms with Crippen molar-refractivity contribution in [2.24, 2.45) is 0 Å². The zero-order valence-electron chi connectivity index (χ0n) is 37.4. The van der Waals surface area contributed by atoms with Crippen LogP contribution in [0.15, 0.2) is 48.5 Å². The summed E-state index contributed by atoms with van der Waals surface area (Å²) in [5.74, 6) is -1.39. The van der Waals surface area contributed by atoms with Gasteiger partial charge in [0.05, 0.1) is 16.1 Å². The molecule has 2 aromatic rings. The number of phosphoric ester groups is 1. The molecule has 0 saturated carbocycles. The first-order valence-corrected chi connectivity index (χ1v) is 22.2. The number of non-ortho nitro benzene ring substituents is 1. The van der Waals surface area contributed by atoms with Crippen molar-refractivity contribution in [2.75, 3.05) is 18.4 Å². The van der Waals surface area contributed by atoms with Crippen molar-refractivity contribution in [3.8, 4) is 5.75 Å². The van der Waals surface area contributed by atoms with Gasteiger partial charge < -0.3 is 30.1 Å². The Bertz CT molecular complexity index is 1720. The number of nitrogens with zero attached hydrogens (tertiary/aromatic N) is 2. The van der Waals surface area contributed by atoms with Crippen LogP contribution >= 0.6 is 7.82 Å². The van der Waals surface area contributed by atoms with Crippen molar-refractivity contribution in [3.63, 3.8) is 0 Å². The van der Waals surface area contributed by atoms with Crippen molar-refractivity contribution in [1.29, 1.82) is 0 Å². The molecule has 0 aliphatic carbocycles. The van der Waals surface area contributed by atoms with Gasteiger partial charge in [-0.2, -0.15) is 0 Å². The van der Waals surface area contributed by atoms with Crippen LogP contribution in [0.2, 0.25) is 0 Å². The second-order valence-corrected chi connectivity index (χ2v) is 19.1. The molecule has 0 aromatic heterocycles. The summed E-state index contributed by atoms with van der Waals surface area (Å²) in [6.07, 6.45) is 5.01. The average molecular weight is 862 g/mol. The number of ether oxygens (including phenoxy) is 1. The molecule has 0 fully saturated rings. The number of amides is 4. The van der Waals surface area contributed by atoms with Crippen molar-refractivity contribution < 1.29 is 47.0 Å². The number of urea groups is 1. The molecule has 0 spiro atoms. The van der Waals surface area contributed by atoms with Gasteiger partial charge in [-0.3, -0.25) is 33.5 Å². The summed E-state index contributed by atoms with van der Waals surface area (Å²) < 4.78 is 36.5. The van der Waals surface area contributed by atoms with Crippen LogP contribution in [0.5, 0.6) is 5.75 Å². The molecule has 0 aliphatic rings. The quantitative estimate of drug-likeness (QED) is 0.0316. The third kappa shape index (κ3) is 20.6. The number of carbonyl (C=O) groups is 4. The first kappa shape index (κ1) is 51.6. The van der Waals surface area contributed by atoms with E-state index in [1.807, 2.05) is 0 Å². The molecule has 0 unspecified atom stereocenters. The van der Waals surface area contributed by atoms with Crippen LogP contribution in [-0.2, 0) is 39.2 Å². The van der Waals surface area contributed by atoms with Crippen LogP contribution in [0.25, 0.3) is 0 Å². The predicted octanol–water partition coefficient (Wildman–Crippen LogP) is 9.26. The molecule has 17 heteroatoms. The van der Waals surface area contributed by atoms with E-state index in [4.69, 9.17) is 18.3 Å². The van der Waals surface area contributed by atoms with E-state index in [1.54, 1.807) is 79.3 Å². The Hall–Kier alpha value is -4.53. The van der Waals surface area contributed by atoms with E-state index in [0.29, 0.717) is 18.7 Å². The van der Waals surface area contributed by atoms with E-state index in [0.717, 1.165) is 38.5 Å². The van der Waals surface area contributed by atoms with Gasteiger partial charge in [0.25, 0.3) is 5.69 Å². The first-order chi connectivity index (χ1) is 27.8. The smallest absolute Gasteiger partial charge is 0.460 e. The Balaban J connectivity index is 2.49. The number of rotatable bonds is 23. The minimum absolute atomic E-state index is 0.0430. The zero-order chi connectivity index (χ0) is 45.3. The molecule has 2 aromatic carbocycles. The second kappa shape index (κ2) is 23.5. The highest BCUT2D eigenvalue weighted by molar-refractivity contribution is 7.49. The highest BCUT2D eigenvalue weighted by Crippen LogP contribution is 2.55. The summed E-state index contributed by atoms with van der Waals surface area (Å²) in [7, 11) is -4.12. The summed E-state index contributed by atoms with van der Waals surface area (Å²) in [6, 6.07) is 8.31. The highest BCUT2D eigenvalue weighted by Gasteiger charge is 2.39. The minimum Gasteiger partial charge on any atom is -0.460 e. The number of carbonyl (C=O) groups excluding carboxylic acids is 4. The van der Waals surface area contributed by atoms with Crippen molar-refractivity contribution >= 4 is 43.0 Å². The lowest BCUT2D eigenvalue weighted by atomic mass is 10.0. The fraction of sp³-hybridized carbons (Fsp3) is 0.628. The van der Waals surface area contributed by atoms with Gasteiger partial charge in [0.2, 0.25) is 11.8 Å². The number of hydrogen-bond acceptors (Lipinski definition) is 11. The van der Waals surface area contributed by atoms with Crippen LogP contribution in [0.3, 0.4) is 0 Å². The van der Waals surface area contributed by atoms with Gasteiger partial charge in [-0.1, -0.05) is 51.7 Å². The molecule has 336 valence electrons. The lowest BCUT2D eigenvalue weighted by Crippen LogP contribution is -2.55. The molecule has 0 saturated heterocycles. The number of nitro benzene ring substituents is 1. The lowest BCUT2D eigenvalue weighted by molar-refractivity contribution is -0.384. The van der Waals surface area contributed by atoms with Gasteiger partial charge in [-0.15, -0.1) is 0 Å². The Morgan fingerprint density at radius 1 is 0.750 bits per heavy atom. The van der Waals surface area contributed by atoms with Crippen LogP contribution < -0.4 is 20.5 Å². The number of unbranched alkanes of at least 4 members (excludes halogenated alkanes) is 4. The van der Waals surface area contributed by atoms with Crippen LogP contribution in [0, 0.1) is 10.1 Å².